The van der Waals surface area contributed by atoms with Gasteiger partial charge in [0.05, 0.1) is 16.6 Å². The highest BCUT2D eigenvalue weighted by Gasteiger charge is 2.09. The second kappa shape index (κ2) is 5.62. The number of nitrogens with zero attached hydrogens (tertiary/aromatic N) is 4. The van der Waals surface area contributed by atoms with Crippen LogP contribution in [0.25, 0.3) is 16.6 Å². The summed E-state index contributed by atoms with van der Waals surface area (Å²) in [7, 11) is 0. The van der Waals surface area contributed by atoms with Gasteiger partial charge in [-0.2, -0.15) is 0 Å². The fourth-order valence-electron chi connectivity index (χ4n) is 2.66. The van der Waals surface area contributed by atoms with Crippen molar-refractivity contribution in [2.75, 3.05) is 0 Å². The van der Waals surface area contributed by atoms with E-state index in [4.69, 9.17) is 0 Å². The summed E-state index contributed by atoms with van der Waals surface area (Å²) in [6.07, 6.45) is 3.26. The monoisotopic (exact) mass is 319 g/mol. The van der Waals surface area contributed by atoms with Crippen LogP contribution in [0.15, 0.2) is 70.8 Å². The van der Waals surface area contributed by atoms with Gasteiger partial charge in [0, 0.05) is 6.54 Å². The van der Waals surface area contributed by atoms with Crippen molar-refractivity contribution in [2.45, 2.75) is 6.54 Å². The van der Waals surface area contributed by atoms with Gasteiger partial charge in [0.1, 0.15) is 12.7 Å². The first kappa shape index (κ1) is 14.1. The van der Waals surface area contributed by atoms with E-state index in [0.717, 1.165) is 10.1 Å². The molecule has 0 bridgehead atoms. The van der Waals surface area contributed by atoms with Crippen LogP contribution in [0.1, 0.15) is 5.56 Å². The SMILES string of the molecule is O=c1[nH]c2ccccc2c(=O)n1-c1ccc(Cn2cnnc2)cc1. The Kier molecular flexibility index (Phi) is 3.31. The number of hydrogen-bond acceptors (Lipinski definition) is 4. The van der Waals surface area contributed by atoms with Gasteiger partial charge in [-0.3, -0.25) is 4.79 Å². The van der Waals surface area contributed by atoms with Crippen molar-refractivity contribution < 1.29 is 0 Å². The Balaban J connectivity index is 1.77. The molecule has 0 amide bonds. The van der Waals surface area contributed by atoms with Crippen LogP contribution in [0.2, 0.25) is 0 Å². The molecule has 0 radical (unpaired) electrons. The van der Waals surface area contributed by atoms with Crippen LogP contribution in [0, 0.1) is 0 Å². The number of para-hydroxylation sites is 1. The zero-order valence-corrected chi connectivity index (χ0v) is 12.6. The number of aromatic amines is 1. The Morgan fingerprint density at radius 3 is 2.38 bits per heavy atom. The summed E-state index contributed by atoms with van der Waals surface area (Å²) in [5, 5.41) is 7.99. The quantitative estimate of drug-likeness (QED) is 0.617. The van der Waals surface area contributed by atoms with Crippen LogP contribution in [-0.4, -0.2) is 24.3 Å². The molecule has 2 aromatic carbocycles. The number of benzene rings is 2. The molecule has 0 aliphatic heterocycles. The van der Waals surface area contributed by atoms with Gasteiger partial charge < -0.3 is 9.55 Å². The zero-order chi connectivity index (χ0) is 16.5. The first-order valence-corrected chi connectivity index (χ1v) is 7.38. The van der Waals surface area contributed by atoms with Gasteiger partial charge in [0.25, 0.3) is 5.56 Å². The first-order chi connectivity index (χ1) is 11.7. The minimum absolute atomic E-state index is 0.332. The number of aromatic nitrogens is 5. The lowest BCUT2D eigenvalue weighted by Gasteiger charge is -2.08. The Bertz CT molecular complexity index is 1110. The Morgan fingerprint density at radius 2 is 1.62 bits per heavy atom. The lowest BCUT2D eigenvalue weighted by atomic mass is 10.2. The number of rotatable bonds is 3. The standard InChI is InChI=1S/C17H13N5O2/c23-16-14-3-1-2-4-15(14)20-17(24)22(16)13-7-5-12(6-8-13)9-21-10-18-19-11-21/h1-8,10-11H,9H2,(H,20,24). The lowest BCUT2D eigenvalue weighted by Crippen LogP contribution is -2.33. The van der Waals surface area contributed by atoms with Crippen molar-refractivity contribution in [2.24, 2.45) is 0 Å². The predicted octanol–water partition coefficient (Wildman–Crippen LogP) is 1.32. The Labute approximate surface area is 135 Å². The molecule has 0 saturated carbocycles. The van der Waals surface area contributed by atoms with Crippen LogP contribution in [-0.2, 0) is 6.54 Å². The first-order valence-electron chi connectivity index (χ1n) is 7.38. The van der Waals surface area contributed by atoms with Gasteiger partial charge in [-0.15, -0.1) is 10.2 Å². The molecule has 0 unspecified atom stereocenters. The number of nitrogens with one attached hydrogen (secondary N) is 1. The third-order valence-corrected chi connectivity index (χ3v) is 3.83. The molecule has 2 aromatic heterocycles. The van der Waals surface area contributed by atoms with Gasteiger partial charge >= 0.3 is 5.69 Å². The molecule has 7 heteroatoms. The van der Waals surface area contributed by atoms with Gasteiger partial charge in [-0.05, 0) is 29.8 Å². The molecule has 2 heterocycles. The van der Waals surface area contributed by atoms with Crippen molar-refractivity contribution in [1.29, 1.82) is 0 Å². The summed E-state index contributed by atoms with van der Waals surface area (Å²) < 4.78 is 2.98. The van der Waals surface area contributed by atoms with Crippen LogP contribution in [0.3, 0.4) is 0 Å². The van der Waals surface area contributed by atoms with E-state index >= 15 is 0 Å². The lowest BCUT2D eigenvalue weighted by molar-refractivity contribution is 0.793. The van der Waals surface area contributed by atoms with E-state index in [1.54, 1.807) is 49.1 Å². The van der Waals surface area contributed by atoms with Crippen LogP contribution < -0.4 is 11.2 Å². The van der Waals surface area contributed by atoms with Crippen molar-refractivity contribution in [1.82, 2.24) is 24.3 Å². The van der Waals surface area contributed by atoms with E-state index in [-0.39, 0.29) is 5.56 Å². The molecule has 4 rings (SSSR count). The second-order valence-electron chi connectivity index (χ2n) is 5.42. The molecule has 0 aliphatic carbocycles. The fraction of sp³-hybridized carbons (Fsp3) is 0.0588. The summed E-state index contributed by atoms with van der Waals surface area (Å²) in [4.78, 5) is 27.6. The maximum Gasteiger partial charge on any atom is 0.333 e. The highest BCUT2D eigenvalue weighted by molar-refractivity contribution is 5.77. The van der Waals surface area contributed by atoms with E-state index < -0.39 is 5.69 Å². The van der Waals surface area contributed by atoms with Crippen LogP contribution >= 0.6 is 0 Å². The summed E-state index contributed by atoms with van der Waals surface area (Å²) in [6, 6.07) is 14.2. The molecule has 0 saturated heterocycles. The number of fused-ring (bicyclic) bond motifs is 1. The molecule has 0 spiro atoms. The van der Waals surface area contributed by atoms with Gasteiger partial charge in [-0.25, -0.2) is 9.36 Å². The number of hydrogen-bond donors (Lipinski definition) is 1. The van der Waals surface area contributed by atoms with Crippen molar-refractivity contribution in [3.05, 3.63) is 87.6 Å². The van der Waals surface area contributed by atoms with Crippen LogP contribution in [0.4, 0.5) is 0 Å². The van der Waals surface area contributed by atoms with E-state index in [2.05, 4.69) is 15.2 Å². The largest absolute Gasteiger partial charge is 0.333 e. The van der Waals surface area contributed by atoms with E-state index in [1.165, 1.54) is 0 Å². The molecular weight excluding hydrogens is 306 g/mol. The Hall–Kier alpha value is -3.48. The molecule has 7 nitrogen and oxygen atoms in total. The normalized spacial score (nSPS) is 11.0. The highest BCUT2D eigenvalue weighted by atomic mass is 16.2. The molecular formula is C17H13N5O2. The van der Waals surface area contributed by atoms with Gasteiger partial charge in [0.2, 0.25) is 0 Å². The second-order valence-corrected chi connectivity index (χ2v) is 5.42. The van der Waals surface area contributed by atoms with E-state index in [0.29, 0.717) is 23.1 Å². The highest BCUT2D eigenvalue weighted by Crippen LogP contribution is 2.10. The van der Waals surface area contributed by atoms with Gasteiger partial charge in [-0.1, -0.05) is 24.3 Å². The molecule has 1 N–H and O–H groups in total. The molecule has 0 atom stereocenters. The summed E-state index contributed by atoms with van der Waals surface area (Å²) >= 11 is 0. The van der Waals surface area contributed by atoms with E-state index in [1.807, 2.05) is 16.7 Å². The zero-order valence-electron chi connectivity index (χ0n) is 12.6. The molecule has 4 aromatic rings. The summed E-state index contributed by atoms with van der Waals surface area (Å²) in [6.45, 7) is 0.621. The number of H-pyrrole nitrogens is 1. The maximum atomic E-state index is 12.6. The predicted molar refractivity (Wildman–Crippen MR) is 89.3 cm³/mol. The smallest absolute Gasteiger partial charge is 0.316 e. The molecule has 118 valence electrons. The third-order valence-electron chi connectivity index (χ3n) is 3.83. The molecule has 0 aliphatic rings. The average molecular weight is 319 g/mol. The summed E-state index contributed by atoms with van der Waals surface area (Å²) in [5.41, 5.74) is 1.29. The maximum absolute atomic E-state index is 12.6. The Morgan fingerprint density at radius 1 is 0.917 bits per heavy atom. The average Bonchev–Trinajstić information content (AvgIpc) is 3.09. The third kappa shape index (κ3) is 2.41. The van der Waals surface area contributed by atoms with Crippen molar-refractivity contribution >= 4 is 10.9 Å². The fourth-order valence-corrected chi connectivity index (χ4v) is 2.66. The summed E-state index contributed by atoms with van der Waals surface area (Å²) in [5.74, 6) is 0. The minimum Gasteiger partial charge on any atom is -0.316 e. The van der Waals surface area contributed by atoms with Crippen LogP contribution in [0.5, 0.6) is 0 Å². The van der Waals surface area contributed by atoms with Gasteiger partial charge in [0.15, 0.2) is 0 Å². The molecule has 24 heavy (non-hydrogen) atoms. The topological polar surface area (TPSA) is 85.6 Å². The van der Waals surface area contributed by atoms with E-state index in [9.17, 15) is 9.59 Å². The van der Waals surface area contributed by atoms with Crippen molar-refractivity contribution in [3.63, 3.8) is 0 Å². The molecule has 0 fully saturated rings. The van der Waals surface area contributed by atoms with Crippen molar-refractivity contribution in [3.8, 4) is 5.69 Å². The minimum atomic E-state index is -0.453.